The number of aromatic nitrogens is 1. The van der Waals surface area contributed by atoms with Gasteiger partial charge in [-0.2, -0.15) is 4.57 Å². The van der Waals surface area contributed by atoms with Crippen LogP contribution < -0.4 is 4.57 Å². The van der Waals surface area contributed by atoms with Crippen molar-refractivity contribution in [3.8, 4) is 5.69 Å². The summed E-state index contributed by atoms with van der Waals surface area (Å²) < 4.78 is 2.15. The lowest BCUT2D eigenvalue weighted by Crippen LogP contribution is -2.33. The molecule has 0 aliphatic carbocycles. The molecule has 1 heteroatoms. The highest BCUT2D eigenvalue weighted by molar-refractivity contribution is 5.21. The third kappa shape index (κ3) is 1.59. The molecule has 2 aromatic rings. The molecule has 0 amide bonds. The molecule has 1 nitrogen and oxygen atoms in total. The Balaban J connectivity index is 2.54. The molecule has 0 fully saturated rings. The van der Waals surface area contributed by atoms with E-state index < -0.39 is 0 Å². The summed E-state index contributed by atoms with van der Waals surface area (Å²) in [4.78, 5) is 0. The molecule has 0 N–H and O–H groups in total. The van der Waals surface area contributed by atoms with E-state index in [-0.39, 0.29) is 0 Å². The summed E-state index contributed by atoms with van der Waals surface area (Å²) in [7, 11) is 0. The normalized spacial score (nSPS) is 9.92. The molecule has 0 bridgehead atoms. The monoisotopic (exact) mass is 169 g/mol. The van der Waals surface area contributed by atoms with Crippen molar-refractivity contribution >= 4 is 0 Å². The summed E-state index contributed by atoms with van der Waals surface area (Å²) in [5.41, 5.74) is 2.41. The number of rotatable bonds is 1. The molecule has 1 radical (unpaired) electrons. The van der Waals surface area contributed by atoms with Crippen LogP contribution in [0.15, 0.2) is 48.7 Å². The molecular formula is C12H11N+. The van der Waals surface area contributed by atoms with E-state index >= 15 is 0 Å². The van der Waals surface area contributed by atoms with Crippen LogP contribution in [0.4, 0.5) is 0 Å². The number of aryl methyl sites for hydroxylation is 1. The molecule has 2 rings (SSSR count). The van der Waals surface area contributed by atoms with Gasteiger partial charge < -0.3 is 0 Å². The lowest BCUT2D eigenvalue weighted by atomic mass is 10.3. The maximum Gasteiger partial charge on any atom is 0.210 e. The maximum absolute atomic E-state index is 3.01. The van der Waals surface area contributed by atoms with Gasteiger partial charge in [0.25, 0.3) is 0 Å². The molecule has 0 unspecified atom stereocenters. The van der Waals surface area contributed by atoms with Crippen molar-refractivity contribution in [2.24, 2.45) is 0 Å². The fourth-order valence-corrected chi connectivity index (χ4v) is 1.36. The summed E-state index contributed by atoms with van der Waals surface area (Å²) >= 11 is 0. The Bertz CT molecular complexity index is 393. The number of pyridine rings is 1. The van der Waals surface area contributed by atoms with Crippen LogP contribution in [-0.4, -0.2) is 0 Å². The zero-order chi connectivity index (χ0) is 9.10. The topological polar surface area (TPSA) is 3.88 Å². The Kier molecular flexibility index (Phi) is 2.09. The molecule has 0 atom stereocenters. The predicted octanol–water partition coefficient (Wildman–Crippen LogP) is 2.07. The van der Waals surface area contributed by atoms with E-state index in [1.54, 1.807) is 0 Å². The Labute approximate surface area is 78.3 Å². The van der Waals surface area contributed by atoms with Gasteiger partial charge in [-0.1, -0.05) is 6.07 Å². The molecule has 0 aliphatic heterocycles. The molecule has 0 saturated carbocycles. The summed E-state index contributed by atoms with van der Waals surface area (Å²) in [6, 6.07) is 17.1. The minimum Gasteiger partial charge on any atom is -0.165 e. The van der Waals surface area contributed by atoms with Crippen LogP contribution in [-0.2, 0) is 0 Å². The average molecular weight is 169 g/mol. The van der Waals surface area contributed by atoms with Crippen LogP contribution in [0.2, 0.25) is 0 Å². The first-order valence-corrected chi connectivity index (χ1v) is 4.32. The minimum absolute atomic E-state index is 1.18. The van der Waals surface area contributed by atoms with Gasteiger partial charge in [0.2, 0.25) is 5.69 Å². The number of benzene rings is 1. The van der Waals surface area contributed by atoms with Crippen molar-refractivity contribution in [2.75, 3.05) is 0 Å². The molecule has 0 saturated heterocycles. The maximum atomic E-state index is 3.01. The molecule has 13 heavy (non-hydrogen) atoms. The Morgan fingerprint density at radius 1 is 1.08 bits per heavy atom. The van der Waals surface area contributed by atoms with Crippen LogP contribution in [0.5, 0.6) is 0 Å². The SMILES string of the molecule is Cc1cccc[n+]1-c1cc[c]cc1. The fraction of sp³-hybridized carbons (Fsp3) is 0.0833. The zero-order valence-corrected chi connectivity index (χ0v) is 7.57. The van der Waals surface area contributed by atoms with Crippen molar-refractivity contribution in [3.05, 3.63) is 60.4 Å². The molecule has 63 valence electrons. The van der Waals surface area contributed by atoms with Gasteiger partial charge in [-0.3, -0.25) is 0 Å². The van der Waals surface area contributed by atoms with Crippen LogP contribution in [0.3, 0.4) is 0 Å². The largest absolute Gasteiger partial charge is 0.210 e. The van der Waals surface area contributed by atoms with Gasteiger partial charge in [0.15, 0.2) is 11.9 Å². The van der Waals surface area contributed by atoms with E-state index in [2.05, 4.69) is 29.8 Å². The fourth-order valence-electron chi connectivity index (χ4n) is 1.36. The quantitative estimate of drug-likeness (QED) is 0.575. The highest BCUT2D eigenvalue weighted by Crippen LogP contribution is 1.99. The molecular weight excluding hydrogens is 158 g/mol. The van der Waals surface area contributed by atoms with E-state index in [0.29, 0.717) is 0 Å². The van der Waals surface area contributed by atoms with E-state index in [0.717, 1.165) is 0 Å². The van der Waals surface area contributed by atoms with Crippen LogP contribution in [0.1, 0.15) is 5.69 Å². The van der Waals surface area contributed by atoms with E-state index in [4.69, 9.17) is 0 Å². The second kappa shape index (κ2) is 3.40. The standard InChI is InChI=1S/C12H11N/c1-11-7-5-6-10-13(11)12-8-3-2-4-9-12/h3-10H,1H3/q+1. The van der Waals surface area contributed by atoms with Gasteiger partial charge in [0.05, 0.1) is 0 Å². The third-order valence-electron chi connectivity index (χ3n) is 2.04. The van der Waals surface area contributed by atoms with Gasteiger partial charge in [-0.05, 0) is 18.2 Å². The van der Waals surface area contributed by atoms with Crippen molar-refractivity contribution in [2.45, 2.75) is 6.92 Å². The molecule has 1 heterocycles. The Morgan fingerprint density at radius 2 is 1.85 bits per heavy atom. The van der Waals surface area contributed by atoms with Crippen LogP contribution in [0.25, 0.3) is 5.69 Å². The van der Waals surface area contributed by atoms with Crippen LogP contribution >= 0.6 is 0 Å². The van der Waals surface area contributed by atoms with Crippen molar-refractivity contribution in [3.63, 3.8) is 0 Å². The lowest BCUT2D eigenvalue weighted by Gasteiger charge is -1.97. The van der Waals surface area contributed by atoms with Crippen molar-refractivity contribution in [1.29, 1.82) is 0 Å². The van der Waals surface area contributed by atoms with Gasteiger partial charge in [-0.15, -0.1) is 0 Å². The first-order chi connectivity index (χ1) is 6.38. The molecule has 0 spiro atoms. The van der Waals surface area contributed by atoms with Gasteiger partial charge in [0, 0.05) is 31.2 Å². The first kappa shape index (κ1) is 7.99. The minimum atomic E-state index is 1.18. The second-order valence-corrected chi connectivity index (χ2v) is 2.97. The zero-order valence-electron chi connectivity index (χ0n) is 7.57. The predicted molar refractivity (Wildman–Crippen MR) is 51.5 cm³/mol. The van der Waals surface area contributed by atoms with Crippen molar-refractivity contribution < 1.29 is 4.57 Å². The van der Waals surface area contributed by atoms with E-state index in [1.165, 1.54) is 11.4 Å². The smallest absolute Gasteiger partial charge is 0.165 e. The molecule has 1 aromatic heterocycles. The summed E-state index contributed by atoms with van der Waals surface area (Å²) in [6.07, 6.45) is 2.06. The average Bonchev–Trinajstić information content (AvgIpc) is 2.20. The first-order valence-electron chi connectivity index (χ1n) is 4.32. The number of nitrogens with zero attached hydrogens (tertiary/aromatic N) is 1. The highest BCUT2D eigenvalue weighted by atomic mass is 15.0. The summed E-state index contributed by atoms with van der Waals surface area (Å²) in [5, 5.41) is 0. The van der Waals surface area contributed by atoms with Gasteiger partial charge in [0.1, 0.15) is 0 Å². The summed E-state index contributed by atoms with van der Waals surface area (Å²) in [5.74, 6) is 0. The molecule has 0 aliphatic rings. The third-order valence-corrected chi connectivity index (χ3v) is 2.04. The second-order valence-electron chi connectivity index (χ2n) is 2.97. The Morgan fingerprint density at radius 3 is 2.54 bits per heavy atom. The van der Waals surface area contributed by atoms with Gasteiger partial charge >= 0.3 is 0 Å². The number of hydrogen-bond acceptors (Lipinski definition) is 0. The van der Waals surface area contributed by atoms with Crippen molar-refractivity contribution in [1.82, 2.24) is 0 Å². The van der Waals surface area contributed by atoms with Crippen LogP contribution in [0, 0.1) is 13.0 Å². The van der Waals surface area contributed by atoms with E-state index in [9.17, 15) is 0 Å². The number of hydrogen-bond donors (Lipinski definition) is 0. The van der Waals surface area contributed by atoms with Gasteiger partial charge in [-0.25, -0.2) is 0 Å². The highest BCUT2D eigenvalue weighted by Gasteiger charge is 2.06. The molecule has 1 aromatic carbocycles. The van der Waals surface area contributed by atoms with E-state index in [1.807, 2.05) is 36.4 Å². The Hall–Kier alpha value is -1.63. The summed E-state index contributed by atoms with van der Waals surface area (Å²) in [6.45, 7) is 2.09. The lowest BCUT2D eigenvalue weighted by molar-refractivity contribution is -0.602.